The normalized spacial score (nSPS) is 9.00. The van der Waals surface area contributed by atoms with Gasteiger partial charge in [0.1, 0.15) is 5.01 Å². The van der Waals surface area contributed by atoms with Gasteiger partial charge in [-0.2, -0.15) is 0 Å². The zero-order valence-electron chi connectivity index (χ0n) is 7.90. The van der Waals surface area contributed by atoms with E-state index in [4.69, 9.17) is 0 Å². The number of thiazole rings is 1. The van der Waals surface area contributed by atoms with Crippen molar-refractivity contribution >= 4 is 11.3 Å². The molecule has 2 rings (SSSR count). The smallest absolute Gasteiger partial charge is 1.00 e. The fourth-order valence-electron chi connectivity index (χ4n) is 0.947. The molecule has 1 aromatic carbocycles. The minimum absolute atomic E-state index is 0. The van der Waals surface area contributed by atoms with E-state index in [-0.39, 0.29) is 31.0 Å². The molecule has 0 fully saturated rings. The van der Waals surface area contributed by atoms with Crippen molar-refractivity contribution in [3.8, 4) is 10.6 Å². The monoisotopic (exact) mass is 185 g/mol. The SMILES string of the molecule is [H-].[Na+].c1ccc(-c2nccs2)cc1. The van der Waals surface area contributed by atoms with E-state index in [0.29, 0.717) is 0 Å². The molecule has 0 bridgehead atoms. The standard InChI is InChI=1S/C9H7NS.Na.H/c1-2-4-8(5-3-1)9-10-6-7-11-9;;/h1-7H;;/q;+1;-1. The minimum atomic E-state index is 0. The summed E-state index contributed by atoms with van der Waals surface area (Å²) in [7, 11) is 0. The predicted octanol–water partition coefficient (Wildman–Crippen LogP) is -0.0734. The molecule has 0 N–H and O–H groups in total. The van der Waals surface area contributed by atoms with E-state index in [0.717, 1.165) is 5.01 Å². The summed E-state index contributed by atoms with van der Waals surface area (Å²) in [5.41, 5.74) is 1.20. The van der Waals surface area contributed by atoms with E-state index in [1.807, 2.05) is 29.8 Å². The average Bonchev–Trinajstić information content (AvgIpc) is 2.58. The first kappa shape index (κ1) is 9.93. The maximum Gasteiger partial charge on any atom is 1.00 e. The summed E-state index contributed by atoms with van der Waals surface area (Å²) >= 11 is 1.66. The number of hydrogen-bond donors (Lipinski definition) is 0. The van der Waals surface area contributed by atoms with Crippen LogP contribution in [0.4, 0.5) is 0 Å². The molecular formula is C9H8NNaS. The zero-order chi connectivity index (χ0) is 7.52. The molecule has 0 saturated heterocycles. The first-order chi connectivity index (χ1) is 5.47. The van der Waals surface area contributed by atoms with Crippen LogP contribution in [0.25, 0.3) is 10.6 Å². The van der Waals surface area contributed by atoms with Crippen molar-refractivity contribution in [1.29, 1.82) is 0 Å². The fraction of sp³-hybridized carbons (Fsp3) is 0. The number of hydrogen-bond acceptors (Lipinski definition) is 2. The Hall–Kier alpha value is -0.150. The third kappa shape index (κ3) is 2.17. The Bertz CT molecular complexity index is 323. The Morgan fingerprint density at radius 1 is 1.17 bits per heavy atom. The minimum Gasteiger partial charge on any atom is -1.00 e. The summed E-state index contributed by atoms with van der Waals surface area (Å²) < 4.78 is 0. The molecule has 0 spiro atoms. The van der Waals surface area contributed by atoms with Gasteiger partial charge in [0.25, 0.3) is 0 Å². The van der Waals surface area contributed by atoms with Crippen LogP contribution in [0.1, 0.15) is 1.43 Å². The number of rotatable bonds is 1. The van der Waals surface area contributed by atoms with Gasteiger partial charge in [-0.1, -0.05) is 30.3 Å². The fourth-order valence-corrected chi connectivity index (χ4v) is 1.59. The Morgan fingerprint density at radius 2 is 1.92 bits per heavy atom. The summed E-state index contributed by atoms with van der Waals surface area (Å²) in [6, 6.07) is 10.2. The van der Waals surface area contributed by atoms with Gasteiger partial charge in [0.05, 0.1) is 0 Å². The molecule has 56 valence electrons. The maximum atomic E-state index is 4.20. The van der Waals surface area contributed by atoms with Crippen LogP contribution >= 0.6 is 11.3 Å². The van der Waals surface area contributed by atoms with Crippen molar-refractivity contribution < 1.29 is 31.0 Å². The van der Waals surface area contributed by atoms with E-state index in [2.05, 4.69) is 17.1 Å². The van der Waals surface area contributed by atoms with Crippen molar-refractivity contribution in [2.45, 2.75) is 0 Å². The van der Waals surface area contributed by atoms with Gasteiger partial charge in [0, 0.05) is 17.1 Å². The number of nitrogens with zero attached hydrogens (tertiary/aromatic N) is 1. The van der Waals surface area contributed by atoms with Crippen molar-refractivity contribution in [2.24, 2.45) is 0 Å². The Labute approximate surface area is 99.2 Å². The van der Waals surface area contributed by atoms with Gasteiger partial charge >= 0.3 is 29.6 Å². The number of aromatic nitrogens is 1. The summed E-state index contributed by atoms with van der Waals surface area (Å²) in [4.78, 5) is 4.20. The quantitative estimate of drug-likeness (QED) is 0.567. The third-order valence-corrected chi connectivity index (χ3v) is 2.28. The van der Waals surface area contributed by atoms with E-state index in [1.54, 1.807) is 11.3 Å². The summed E-state index contributed by atoms with van der Waals surface area (Å²) in [6.07, 6.45) is 1.83. The molecule has 1 nitrogen and oxygen atoms in total. The van der Waals surface area contributed by atoms with Crippen LogP contribution in [-0.4, -0.2) is 4.98 Å². The largest absolute Gasteiger partial charge is 1.00 e. The summed E-state index contributed by atoms with van der Waals surface area (Å²) in [5.74, 6) is 0. The Kier molecular flexibility index (Phi) is 3.95. The van der Waals surface area contributed by atoms with Gasteiger partial charge in [-0.25, -0.2) is 4.98 Å². The van der Waals surface area contributed by atoms with Gasteiger partial charge < -0.3 is 1.43 Å². The Balaban J connectivity index is 0.000000720. The van der Waals surface area contributed by atoms with Crippen LogP contribution in [-0.2, 0) is 0 Å². The molecule has 0 radical (unpaired) electrons. The van der Waals surface area contributed by atoms with Crippen LogP contribution in [0.3, 0.4) is 0 Å². The Morgan fingerprint density at radius 3 is 2.50 bits per heavy atom. The molecule has 0 unspecified atom stereocenters. The van der Waals surface area contributed by atoms with Crippen molar-refractivity contribution in [3.63, 3.8) is 0 Å². The van der Waals surface area contributed by atoms with Crippen molar-refractivity contribution in [3.05, 3.63) is 41.9 Å². The molecule has 0 amide bonds. The molecule has 0 atom stereocenters. The number of benzene rings is 1. The molecule has 2 aromatic rings. The second kappa shape index (κ2) is 4.77. The second-order valence-corrected chi connectivity index (χ2v) is 3.10. The summed E-state index contributed by atoms with van der Waals surface area (Å²) in [6.45, 7) is 0. The molecule has 0 aliphatic heterocycles. The third-order valence-electron chi connectivity index (χ3n) is 1.45. The van der Waals surface area contributed by atoms with Gasteiger partial charge in [-0.15, -0.1) is 11.3 Å². The second-order valence-electron chi connectivity index (χ2n) is 2.20. The van der Waals surface area contributed by atoms with E-state index in [1.165, 1.54) is 5.56 Å². The van der Waals surface area contributed by atoms with Gasteiger partial charge in [-0.3, -0.25) is 0 Å². The molecule has 3 heteroatoms. The molecule has 1 heterocycles. The maximum absolute atomic E-state index is 4.20. The average molecular weight is 185 g/mol. The zero-order valence-corrected chi connectivity index (χ0v) is 9.71. The van der Waals surface area contributed by atoms with Crippen molar-refractivity contribution in [2.75, 3.05) is 0 Å². The van der Waals surface area contributed by atoms with Gasteiger partial charge in [0.15, 0.2) is 0 Å². The van der Waals surface area contributed by atoms with E-state index < -0.39 is 0 Å². The molecular weight excluding hydrogens is 177 g/mol. The van der Waals surface area contributed by atoms with E-state index in [9.17, 15) is 0 Å². The van der Waals surface area contributed by atoms with Crippen LogP contribution in [0.5, 0.6) is 0 Å². The van der Waals surface area contributed by atoms with E-state index >= 15 is 0 Å². The molecule has 0 aliphatic rings. The predicted molar refractivity (Wildman–Crippen MR) is 48.7 cm³/mol. The van der Waals surface area contributed by atoms with Gasteiger partial charge in [-0.05, 0) is 0 Å². The summed E-state index contributed by atoms with van der Waals surface area (Å²) in [5, 5.41) is 3.08. The van der Waals surface area contributed by atoms with Crippen molar-refractivity contribution in [1.82, 2.24) is 4.98 Å². The molecule has 0 aliphatic carbocycles. The van der Waals surface area contributed by atoms with Crippen LogP contribution in [0, 0.1) is 0 Å². The van der Waals surface area contributed by atoms with Crippen LogP contribution in [0.15, 0.2) is 41.9 Å². The first-order valence-corrected chi connectivity index (χ1v) is 4.30. The van der Waals surface area contributed by atoms with Crippen LogP contribution in [0.2, 0.25) is 0 Å². The van der Waals surface area contributed by atoms with Crippen LogP contribution < -0.4 is 29.6 Å². The topological polar surface area (TPSA) is 12.9 Å². The first-order valence-electron chi connectivity index (χ1n) is 3.42. The van der Waals surface area contributed by atoms with Gasteiger partial charge in [0.2, 0.25) is 0 Å². The molecule has 12 heavy (non-hydrogen) atoms. The molecule has 1 aromatic heterocycles. The molecule has 0 saturated carbocycles.